The number of amides is 1. The van der Waals surface area contributed by atoms with Crippen LogP contribution in [0.1, 0.15) is 11.1 Å². The highest BCUT2D eigenvalue weighted by atomic mass is 32.2. The van der Waals surface area contributed by atoms with Gasteiger partial charge in [-0.1, -0.05) is 60.2 Å². The second-order valence-electron chi connectivity index (χ2n) is 6.60. The number of hydrogen-bond donors (Lipinski definition) is 0. The zero-order chi connectivity index (χ0) is 18.2. The van der Waals surface area contributed by atoms with Gasteiger partial charge in [0, 0.05) is 37.6 Å². The lowest BCUT2D eigenvalue weighted by atomic mass is 10.2. The highest BCUT2D eigenvalue weighted by molar-refractivity contribution is 8.00. The van der Waals surface area contributed by atoms with Crippen molar-refractivity contribution < 1.29 is 4.79 Å². The van der Waals surface area contributed by atoms with Crippen LogP contribution < -0.4 is 0 Å². The van der Waals surface area contributed by atoms with Crippen molar-refractivity contribution >= 4 is 23.7 Å². The zero-order valence-corrected chi connectivity index (χ0v) is 16.1. The van der Waals surface area contributed by atoms with Gasteiger partial charge in [-0.2, -0.15) is 0 Å². The Morgan fingerprint density at radius 2 is 1.69 bits per heavy atom. The first kappa shape index (κ1) is 18.7. The van der Waals surface area contributed by atoms with Crippen molar-refractivity contribution in [3.8, 4) is 0 Å². The van der Waals surface area contributed by atoms with Crippen LogP contribution in [0.2, 0.25) is 0 Å². The summed E-state index contributed by atoms with van der Waals surface area (Å²) in [6.07, 6.45) is 4.37. The number of rotatable bonds is 6. The van der Waals surface area contributed by atoms with E-state index in [1.54, 1.807) is 11.8 Å². The Balaban J connectivity index is 1.38. The molecule has 1 saturated heterocycles. The standard InChI is InChI=1S/C22H26N2OS/c1-19-9-11-21(12-10-19)26-18-22(25)24-16-14-23(15-17-24)13-5-8-20-6-3-2-4-7-20/h2-12H,13-18H2,1H3/b8-5+. The number of benzene rings is 2. The molecule has 0 aromatic heterocycles. The number of hydrogen-bond acceptors (Lipinski definition) is 3. The number of aryl methyl sites for hydroxylation is 1. The van der Waals surface area contributed by atoms with Crippen molar-refractivity contribution in [3.63, 3.8) is 0 Å². The summed E-state index contributed by atoms with van der Waals surface area (Å²) < 4.78 is 0. The minimum Gasteiger partial charge on any atom is -0.339 e. The average Bonchev–Trinajstić information content (AvgIpc) is 2.69. The molecule has 0 spiro atoms. The number of carbonyl (C=O) groups excluding carboxylic acids is 1. The second-order valence-corrected chi connectivity index (χ2v) is 7.64. The van der Waals surface area contributed by atoms with Crippen LogP contribution in [0.5, 0.6) is 0 Å². The molecule has 0 unspecified atom stereocenters. The molecule has 1 amide bonds. The molecule has 1 fully saturated rings. The summed E-state index contributed by atoms with van der Waals surface area (Å²) in [6, 6.07) is 18.7. The lowest BCUT2D eigenvalue weighted by Gasteiger charge is -2.34. The minimum absolute atomic E-state index is 0.245. The van der Waals surface area contributed by atoms with Gasteiger partial charge in [0.1, 0.15) is 0 Å². The quantitative estimate of drug-likeness (QED) is 0.724. The summed E-state index contributed by atoms with van der Waals surface area (Å²) in [6.45, 7) is 6.56. The molecule has 1 heterocycles. The summed E-state index contributed by atoms with van der Waals surface area (Å²) in [7, 11) is 0. The Morgan fingerprint density at radius 3 is 2.38 bits per heavy atom. The lowest BCUT2D eigenvalue weighted by molar-refractivity contribution is -0.129. The number of carbonyl (C=O) groups is 1. The van der Waals surface area contributed by atoms with Crippen LogP contribution in [-0.2, 0) is 4.79 Å². The van der Waals surface area contributed by atoms with Gasteiger partial charge >= 0.3 is 0 Å². The van der Waals surface area contributed by atoms with Crippen molar-refractivity contribution in [2.24, 2.45) is 0 Å². The highest BCUT2D eigenvalue weighted by Crippen LogP contribution is 2.19. The van der Waals surface area contributed by atoms with Crippen molar-refractivity contribution in [2.45, 2.75) is 11.8 Å². The van der Waals surface area contributed by atoms with E-state index in [0.29, 0.717) is 5.75 Å². The van der Waals surface area contributed by atoms with Crippen LogP contribution >= 0.6 is 11.8 Å². The van der Waals surface area contributed by atoms with Crippen molar-refractivity contribution in [2.75, 3.05) is 38.5 Å². The van der Waals surface area contributed by atoms with E-state index in [1.165, 1.54) is 11.1 Å². The smallest absolute Gasteiger partial charge is 0.233 e. The summed E-state index contributed by atoms with van der Waals surface area (Å²) in [5.74, 6) is 0.770. The maximum Gasteiger partial charge on any atom is 0.233 e. The van der Waals surface area contributed by atoms with Gasteiger partial charge in [-0.15, -0.1) is 11.8 Å². The van der Waals surface area contributed by atoms with Gasteiger partial charge in [0.05, 0.1) is 5.75 Å². The normalized spacial score (nSPS) is 15.5. The molecular weight excluding hydrogens is 340 g/mol. The monoisotopic (exact) mass is 366 g/mol. The van der Waals surface area contributed by atoms with Gasteiger partial charge in [0.2, 0.25) is 5.91 Å². The van der Waals surface area contributed by atoms with Crippen molar-refractivity contribution in [3.05, 3.63) is 71.8 Å². The van der Waals surface area contributed by atoms with Crippen LogP contribution in [0.25, 0.3) is 6.08 Å². The Morgan fingerprint density at radius 1 is 1.00 bits per heavy atom. The molecule has 0 radical (unpaired) electrons. The largest absolute Gasteiger partial charge is 0.339 e. The van der Waals surface area contributed by atoms with Crippen molar-refractivity contribution in [1.29, 1.82) is 0 Å². The van der Waals surface area contributed by atoms with Gasteiger partial charge in [-0.05, 0) is 24.6 Å². The molecule has 0 aliphatic carbocycles. The maximum absolute atomic E-state index is 12.4. The molecule has 0 bridgehead atoms. The SMILES string of the molecule is Cc1ccc(SCC(=O)N2CCN(C/C=C/c3ccccc3)CC2)cc1. The first-order chi connectivity index (χ1) is 12.7. The first-order valence-corrected chi connectivity index (χ1v) is 10.1. The third-order valence-electron chi connectivity index (χ3n) is 4.58. The molecule has 0 N–H and O–H groups in total. The molecule has 3 nitrogen and oxygen atoms in total. The molecule has 136 valence electrons. The maximum atomic E-state index is 12.4. The van der Waals surface area contributed by atoms with Crippen LogP contribution in [0.3, 0.4) is 0 Å². The predicted molar refractivity (Wildman–Crippen MR) is 110 cm³/mol. The topological polar surface area (TPSA) is 23.6 Å². The van der Waals surface area contributed by atoms with E-state index in [1.807, 2.05) is 11.0 Å². The first-order valence-electron chi connectivity index (χ1n) is 9.12. The molecule has 1 aliphatic rings. The molecule has 1 aliphatic heterocycles. The molecule has 26 heavy (non-hydrogen) atoms. The van der Waals surface area contributed by atoms with Gasteiger partial charge in [-0.3, -0.25) is 9.69 Å². The fourth-order valence-corrected chi connectivity index (χ4v) is 3.75. The van der Waals surface area contributed by atoms with Gasteiger partial charge in [0.25, 0.3) is 0 Å². The summed E-state index contributed by atoms with van der Waals surface area (Å²) in [5.41, 5.74) is 2.48. The van der Waals surface area contributed by atoms with E-state index >= 15 is 0 Å². The summed E-state index contributed by atoms with van der Waals surface area (Å²) in [4.78, 5) is 18.0. The Bertz CT molecular complexity index is 720. The molecule has 2 aromatic rings. The van der Waals surface area contributed by atoms with Crippen LogP contribution in [0.4, 0.5) is 0 Å². The van der Waals surface area contributed by atoms with Gasteiger partial charge < -0.3 is 4.90 Å². The van der Waals surface area contributed by atoms with E-state index in [0.717, 1.165) is 37.6 Å². The van der Waals surface area contributed by atoms with E-state index in [2.05, 4.69) is 72.5 Å². The average molecular weight is 367 g/mol. The molecule has 0 atom stereocenters. The molecule has 0 saturated carbocycles. The van der Waals surface area contributed by atoms with Crippen LogP contribution in [-0.4, -0.2) is 54.2 Å². The molecule has 2 aromatic carbocycles. The highest BCUT2D eigenvalue weighted by Gasteiger charge is 2.20. The Kier molecular flexibility index (Phi) is 6.92. The van der Waals surface area contributed by atoms with Gasteiger partial charge in [-0.25, -0.2) is 0 Å². The number of nitrogens with zero attached hydrogens (tertiary/aromatic N) is 2. The Hall–Kier alpha value is -2.04. The fourth-order valence-electron chi connectivity index (χ4n) is 2.95. The predicted octanol–water partition coefficient (Wildman–Crippen LogP) is 3.94. The van der Waals surface area contributed by atoms with E-state index in [9.17, 15) is 4.79 Å². The van der Waals surface area contributed by atoms with Crippen molar-refractivity contribution in [1.82, 2.24) is 9.80 Å². The third kappa shape index (κ3) is 5.75. The lowest BCUT2D eigenvalue weighted by Crippen LogP contribution is -2.49. The third-order valence-corrected chi connectivity index (χ3v) is 5.58. The summed E-state index contributed by atoms with van der Waals surface area (Å²) in [5, 5.41) is 0. The molecule has 3 rings (SSSR count). The number of thioether (sulfide) groups is 1. The van der Waals surface area contributed by atoms with E-state index < -0.39 is 0 Å². The minimum atomic E-state index is 0.245. The van der Waals surface area contributed by atoms with Crippen LogP contribution in [0.15, 0.2) is 65.6 Å². The van der Waals surface area contributed by atoms with E-state index in [-0.39, 0.29) is 5.91 Å². The zero-order valence-electron chi connectivity index (χ0n) is 15.3. The second kappa shape index (κ2) is 9.60. The Labute approximate surface area is 160 Å². The fraction of sp³-hybridized carbons (Fsp3) is 0.318. The molecule has 4 heteroatoms. The summed E-state index contributed by atoms with van der Waals surface area (Å²) >= 11 is 1.63. The van der Waals surface area contributed by atoms with Crippen LogP contribution in [0, 0.1) is 6.92 Å². The van der Waals surface area contributed by atoms with Gasteiger partial charge in [0.15, 0.2) is 0 Å². The molecular formula is C22H26N2OS. The number of piperazine rings is 1. The van der Waals surface area contributed by atoms with E-state index in [4.69, 9.17) is 0 Å².